The minimum atomic E-state index is -3.09. The van der Waals surface area contributed by atoms with E-state index in [0.717, 1.165) is 33.9 Å². The molecule has 12 aromatic rings. The van der Waals surface area contributed by atoms with Crippen molar-refractivity contribution in [1.29, 1.82) is 0 Å². The molecule has 138 heavy (non-hydrogen) atoms. The Morgan fingerprint density at radius 2 is 0.739 bits per heavy atom. The third-order valence-corrected chi connectivity index (χ3v) is 33.8. The largest absolute Gasteiger partial charge is 0.461 e. The van der Waals surface area contributed by atoms with Crippen molar-refractivity contribution >= 4 is 107 Å². The first kappa shape index (κ1) is 104. The molecular formula is C102H120F4N8O20S4. The van der Waals surface area contributed by atoms with Crippen molar-refractivity contribution in [2.75, 3.05) is 46.0 Å². The predicted molar refractivity (Wildman–Crippen MR) is 527 cm³/mol. The van der Waals surface area contributed by atoms with E-state index in [1.165, 1.54) is 55.7 Å². The molecule has 0 saturated carbocycles. The summed E-state index contributed by atoms with van der Waals surface area (Å²) in [5.74, 6) is -0.175. The monoisotopic (exact) mass is 1980 g/mol. The van der Waals surface area contributed by atoms with Gasteiger partial charge in [-0.2, -0.15) is 0 Å². The number of ether oxygens (including phenoxy) is 3. The molecule has 0 bridgehead atoms. The van der Waals surface area contributed by atoms with Gasteiger partial charge in [-0.1, -0.05) is 58.9 Å². The Morgan fingerprint density at radius 1 is 0.399 bits per heavy atom. The number of hydrogen-bond acceptors (Lipinski definition) is 20. The van der Waals surface area contributed by atoms with Gasteiger partial charge >= 0.3 is 22.8 Å². The molecular weight excluding hydrogens is 1860 g/mol. The quantitative estimate of drug-likeness (QED) is 0.0351. The lowest BCUT2D eigenvalue weighted by atomic mass is 9.78. The topological polar surface area (TPSA) is 360 Å². The second-order valence-corrected chi connectivity index (χ2v) is 48.9. The zero-order chi connectivity index (χ0) is 101. The fourth-order valence-corrected chi connectivity index (χ4v) is 27.1. The Balaban J connectivity index is 0.000000155. The van der Waals surface area contributed by atoms with Gasteiger partial charge in [-0.3, -0.25) is 55.7 Å². The molecule has 28 nitrogen and oxygen atoms in total. The first-order valence-corrected chi connectivity index (χ1v) is 53.3. The molecule has 740 valence electrons. The standard InChI is InChI=1S/C26H30F2N2O5S.C26H32N2O4S.C25H29FN2O6S.C25H29FN2O5S/c1-16(2)29-23-13-18(24(31)15-26(4)9-11-36(33,34)12-10-26)5-8-21(23)30(25(29)32)22-14-19(35-17(3)27)6-7-20(22)28;1-17(2)27-23-15-20(24(29)16-26(5)10-12-33(31,32)13-11-26)8-9-21(23)28(25(27)30)22-14-18(3)6-7-19(22)4;1-16(26)34-19-7-5-6-18(11-19)28-20-9-8-17(22(29)12-25(4)14-35(32,33)15-25)10-21(20)27(23(28)30)13-24(2,3)31;1-5-16(2)27-22-11-18(23(29)13-25(4)14-34(31,32)15-25)9-10-21(22)28(24(27)30)19-7-6-8-20(12-19)33-17(3)26/h5-8,13-14,16-17H,9-12,15H2,1-4H3;6-9,14-15,17H,10-13,16H2,1-5H3;5-11,16,31H,12-15H2,1-4H3;6-12,16-17H,5,13-15H2,1-4H3/t;;;16-,17?/m...0/s1. The Kier molecular flexibility index (Phi) is 29.8. The van der Waals surface area contributed by atoms with Crippen molar-refractivity contribution in [3.8, 4) is 40.0 Å². The SMILES string of the molecule is CC(F)Oc1ccc(F)c(-n2c(=O)n(C(C)C)c3cc(C(=O)CC4(C)CCS(=O)(=O)CC4)ccc32)c1.CC(F)Oc1cccc(-n2c(=O)n(CC(C)(C)O)c3cc(C(=O)CC4(C)CS(=O)(=O)C4)ccc32)c1.CC[C@H](C)n1c(=O)n(-c2cccc(OC(C)F)c2)c2ccc(C(=O)CC3(C)CS(=O)(=O)C3)cc21.Cc1ccc(C)c(-n2c(=O)n(C(C)C)c3cc(C(=O)CC4(C)CCS(=O)(=O)CC4)ccc32)c1. The molecule has 8 aromatic carbocycles. The molecule has 4 aromatic heterocycles. The lowest BCUT2D eigenvalue weighted by Gasteiger charge is -2.37. The lowest BCUT2D eigenvalue weighted by molar-refractivity contribution is 0.0615. The fourth-order valence-electron chi connectivity index (χ4n) is 19.0. The molecule has 0 aliphatic carbocycles. The van der Waals surface area contributed by atoms with Crippen LogP contribution in [0.3, 0.4) is 0 Å². The van der Waals surface area contributed by atoms with Crippen LogP contribution in [0.5, 0.6) is 17.2 Å². The van der Waals surface area contributed by atoms with Gasteiger partial charge in [0.2, 0.25) is 19.1 Å². The minimum Gasteiger partial charge on any atom is -0.461 e. The van der Waals surface area contributed by atoms with E-state index in [9.17, 15) is 94.7 Å². The maximum Gasteiger partial charge on any atom is 0.334 e. The zero-order valence-electron chi connectivity index (χ0n) is 80.6. The Labute approximate surface area is 799 Å². The average molecular weight is 1980 g/mol. The number of aliphatic hydroxyl groups is 1. The van der Waals surface area contributed by atoms with Gasteiger partial charge in [-0.05, 0) is 232 Å². The third-order valence-electron chi connectivity index (χ3n) is 25.9. The highest BCUT2D eigenvalue weighted by molar-refractivity contribution is 7.93. The highest BCUT2D eigenvalue weighted by atomic mass is 32.2. The highest BCUT2D eigenvalue weighted by Crippen LogP contribution is 2.43. The molecule has 0 radical (unpaired) electrons. The molecule has 0 amide bonds. The molecule has 4 saturated heterocycles. The summed E-state index contributed by atoms with van der Waals surface area (Å²) in [7, 11) is -12.2. The number of halogens is 4. The molecule has 0 spiro atoms. The van der Waals surface area contributed by atoms with Crippen molar-refractivity contribution in [1.82, 2.24) is 36.5 Å². The molecule has 1 N–H and O–H groups in total. The summed E-state index contributed by atoms with van der Waals surface area (Å²) >= 11 is 0. The molecule has 36 heteroatoms. The van der Waals surface area contributed by atoms with Crippen LogP contribution in [-0.4, -0.2) is 169 Å². The minimum absolute atomic E-state index is 0.0118. The summed E-state index contributed by atoms with van der Waals surface area (Å²) in [6.07, 6.45) is -1.38. The number of rotatable bonds is 28. The van der Waals surface area contributed by atoms with E-state index in [1.807, 2.05) is 106 Å². The second kappa shape index (κ2) is 39.6. The summed E-state index contributed by atoms with van der Waals surface area (Å²) in [5.41, 5.74) is 5.66. The molecule has 4 atom stereocenters. The van der Waals surface area contributed by atoms with Gasteiger partial charge in [0, 0.05) is 116 Å². The predicted octanol–water partition coefficient (Wildman–Crippen LogP) is 17.5. The Bertz CT molecular complexity index is 7500. The second-order valence-electron chi connectivity index (χ2n) is 40.1. The van der Waals surface area contributed by atoms with E-state index in [1.54, 1.807) is 144 Å². The lowest BCUT2D eigenvalue weighted by Crippen LogP contribution is -2.47. The number of imidazole rings is 4. The Morgan fingerprint density at radius 3 is 1.11 bits per heavy atom. The van der Waals surface area contributed by atoms with Crippen LogP contribution in [0.4, 0.5) is 17.6 Å². The number of Topliss-reactive ketones (excluding diaryl/α,β-unsaturated/α-hetero) is 4. The summed E-state index contributed by atoms with van der Waals surface area (Å²) in [5, 5.41) is 10.4. The van der Waals surface area contributed by atoms with Gasteiger partial charge in [0.05, 0.1) is 125 Å². The summed E-state index contributed by atoms with van der Waals surface area (Å²) < 4.78 is 176. The van der Waals surface area contributed by atoms with E-state index >= 15 is 0 Å². The summed E-state index contributed by atoms with van der Waals surface area (Å²) in [6.45, 7) is 29.8. The van der Waals surface area contributed by atoms with Crippen molar-refractivity contribution in [3.05, 3.63) is 239 Å². The first-order chi connectivity index (χ1) is 64.3. The van der Waals surface area contributed by atoms with Gasteiger partial charge in [0.15, 0.2) is 42.8 Å². The number of benzene rings is 8. The number of alkyl halides is 3. The number of hydrogen-bond donors (Lipinski definition) is 1. The number of carbonyl (C=O) groups is 4. The number of ketones is 4. The van der Waals surface area contributed by atoms with Crippen LogP contribution in [0, 0.1) is 41.3 Å². The molecule has 4 aliphatic heterocycles. The van der Waals surface area contributed by atoms with Crippen LogP contribution in [0.15, 0.2) is 177 Å². The summed E-state index contributed by atoms with van der Waals surface area (Å²) in [4.78, 5) is 106. The Hall–Kier alpha value is -11.6. The first-order valence-electron chi connectivity index (χ1n) is 46.0. The van der Waals surface area contributed by atoms with E-state index in [2.05, 4.69) is 0 Å². The maximum atomic E-state index is 14.9. The normalized spacial score (nSPS) is 17.8. The number of aromatic nitrogens is 8. The van der Waals surface area contributed by atoms with E-state index in [-0.39, 0.29) is 147 Å². The van der Waals surface area contributed by atoms with Crippen molar-refractivity contribution in [3.63, 3.8) is 0 Å². The van der Waals surface area contributed by atoms with Gasteiger partial charge in [-0.25, -0.2) is 70.4 Å². The molecule has 8 heterocycles. The van der Waals surface area contributed by atoms with Gasteiger partial charge in [-0.15, -0.1) is 0 Å². The van der Waals surface area contributed by atoms with Crippen molar-refractivity contribution in [2.24, 2.45) is 21.7 Å². The number of fused-ring (bicyclic) bond motifs is 4. The van der Waals surface area contributed by atoms with Crippen molar-refractivity contribution in [2.45, 2.75) is 225 Å². The average Bonchev–Trinajstić information content (AvgIpc) is 1.66. The number of nitrogens with zero attached hydrogens (tertiary/aromatic N) is 8. The smallest absolute Gasteiger partial charge is 0.334 e. The van der Waals surface area contributed by atoms with Gasteiger partial charge < -0.3 is 19.3 Å². The van der Waals surface area contributed by atoms with E-state index < -0.39 is 97.5 Å². The zero-order valence-corrected chi connectivity index (χ0v) is 83.9. The molecule has 16 rings (SSSR count). The van der Waals surface area contributed by atoms with Gasteiger partial charge in [0.1, 0.15) is 42.7 Å². The van der Waals surface area contributed by atoms with Crippen molar-refractivity contribution < 1.29 is 89.7 Å². The highest BCUT2D eigenvalue weighted by Gasteiger charge is 2.48. The maximum absolute atomic E-state index is 14.9. The van der Waals surface area contributed by atoms with E-state index in [4.69, 9.17) is 14.2 Å². The van der Waals surface area contributed by atoms with Crippen LogP contribution >= 0.6 is 0 Å². The number of aryl methyl sites for hydroxylation is 2. The molecule has 4 aliphatic rings. The molecule has 3 unspecified atom stereocenters. The van der Waals surface area contributed by atoms with Crippen LogP contribution in [0.25, 0.3) is 66.9 Å². The number of carbonyl (C=O) groups excluding carboxylic acids is 4. The van der Waals surface area contributed by atoms with E-state index in [0.29, 0.717) is 111 Å². The third kappa shape index (κ3) is 23.3. The van der Waals surface area contributed by atoms with Gasteiger partial charge in [0.25, 0.3) is 0 Å². The van der Waals surface area contributed by atoms with Crippen LogP contribution in [-0.2, 0) is 45.9 Å². The fraction of sp³-hybridized carbons (Fsp3) is 0.451. The summed E-state index contributed by atoms with van der Waals surface area (Å²) in [6, 6.07) is 42.6. The van der Waals surface area contributed by atoms with Crippen LogP contribution < -0.4 is 37.0 Å². The van der Waals surface area contributed by atoms with Crippen LogP contribution in [0.2, 0.25) is 0 Å². The molecule has 4 fully saturated rings. The number of sulfone groups is 4. The van der Waals surface area contributed by atoms with Crippen LogP contribution in [0.1, 0.15) is 232 Å².